The van der Waals surface area contributed by atoms with Crippen LogP contribution in [-0.4, -0.2) is 22.3 Å². The zero-order valence-corrected chi connectivity index (χ0v) is 15.3. The van der Waals surface area contributed by atoms with E-state index in [1.807, 2.05) is 20.2 Å². The number of fused-ring (bicyclic) bond motifs is 2. The summed E-state index contributed by atoms with van der Waals surface area (Å²) in [6.07, 6.45) is 3.67. The molecule has 5 nitrogen and oxygen atoms in total. The second-order valence-corrected chi connectivity index (χ2v) is 7.71. The Balaban J connectivity index is 1.60. The van der Waals surface area contributed by atoms with E-state index in [-0.39, 0.29) is 17.2 Å². The summed E-state index contributed by atoms with van der Waals surface area (Å²) in [5.41, 5.74) is 4.11. The molecule has 1 aliphatic carbocycles. The molecule has 25 heavy (non-hydrogen) atoms. The van der Waals surface area contributed by atoms with E-state index >= 15 is 0 Å². The van der Waals surface area contributed by atoms with Crippen molar-refractivity contribution in [1.82, 2.24) is 9.78 Å². The lowest BCUT2D eigenvalue weighted by Gasteiger charge is -2.28. The molecule has 5 heteroatoms. The number of hydrogen-bond acceptors (Lipinski definition) is 3. The van der Waals surface area contributed by atoms with Gasteiger partial charge in [-0.15, -0.1) is 0 Å². The first-order chi connectivity index (χ1) is 11.9. The molecule has 1 saturated carbocycles. The highest BCUT2D eigenvalue weighted by Crippen LogP contribution is 2.61. The van der Waals surface area contributed by atoms with E-state index in [9.17, 15) is 4.79 Å². The molecule has 2 heterocycles. The highest BCUT2D eigenvalue weighted by molar-refractivity contribution is 5.96. The number of aryl methyl sites for hydroxylation is 2. The molecule has 1 aromatic carbocycles. The molecule has 1 aliphatic heterocycles. The molecule has 0 radical (unpaired) electrons. The van der Waals surface area contributed by atoms with Gasteiger partial charge in [-0.2, -0.15) is 5.10 Å². The summed E-state index contributed by atoms with van der Waals surface area (Å²) in [5.74, 6) is 1.52. The van der Waals surface area contributed by atoms with Crippen molar-refractivity contribution in [3.63, 3.8) is 0 Å². The van der Waals surface area contributed by atoms with Crippen LogP contribution in [0.3, 0.4) is 0 Å². The van der Waals surface area contributed by atoms with Gasteiger partial charge in [-0.25, -0.2) is 0 Å². The highest BCUT2D eigenvalue weighted by Gasteiger charge is 2.61. The van der Waals surface area contributed by atoms with Crippen LogP contribution in [0.5, 0.6) is 5.75 Å². The van der Waals surface area contributed by atoms with Gasteiger partial charge in [-0.05, 0) is 37.3 Å². The Morgan fingerprint density at radius 2 is 2.24 bits per heavy atom. The SMILES string of the molecule is Cc1nn(C)cc1NC(=O)[C@@H]1C[C@]12CCOc1ccc(C(C)C)cc12. The quantitative estimate of drug-likeness (QED) is 0.931. The third-order valence-electron chi connectivity index (χ3n) is 5.68. The molecule has 0 unspecified atom stereocenters. The smallest absolute Gasteiger partial charge is 0.228 e. The molecule has 1 aromatic heterocycles. The summed E-state index contributed by atoms with van der Waals surface area (Å²) < 4.78 is 7.59. The summed E-state index contributed by atoms with van der Waals surface area (Å²) in [5, 5.41) is 7.37. The van der Waals surface area contributed by atoms with Crippen LogP contribution in [0.4, 0.5) is 5.69 Å². The van der Waals surface area contributed by atoms with Crippen LogP contribution in [0.15, 0.2) is 24.4 Å². The van der Waals surface area contributed by atoms with Crippen molar-refractivity contribution in [3.8, 4) is 5.75 Å². The maximum atomic E-state index is 12.8. The first-order valence-corrected chi connectivity index (χ1v) is 8.99. The minimum Gasteiger partial charge on any atom is -0.493 e. The Labute approximate surface area is 148 Å². The van der Waals surface area contributed by atoms with Crippen molar-refractivity contribution in [1.29, 1.82) is 0 Å². The van der Waals surface area contributed by atoms with Gasteiger partial charge in [0.15, 0.2) is 0 Å². The molecule has 1 fully saturated rings. The van der Waals surface area contributed by atoms with Gasteiger partial charge < -0.3 is 10.1 Å². The van der Waals surface area contributed by atoms with Crippen LogP contribution in [0.25, 0.3) is 0 Å². The average molecular weight is 339 g/mol. The van der Waals surface area contributed by atoms with Crippen LogP contribution >= 0.6 is 0 Å². The number of hydrogen-bond donors (Lipinski definition) is 1. The van der Waals surface area contributed by atoms with Crippen LogP contribution in [0.1, 0.15) is 49.4 Å². The number of aromatic nitrogens is 2. The Hall–Kier alpha value is -2.30. The standard InChI is InChI=1S/C20H25N3O2/c1-12(2)14-5-6-18-15(9-14)20(7-8-25-18)10-16(20)19(24)21-17-11-23(4)22-13(17)3/h5-6,9,11-12,16H,7-8,10H2,1-4H3,(H,21,24)/t16-,20-/m0/s1. The van der Waals surface area contributed by atoms with E-state index in [0.29, 0.717) is 12.5 Å². The number of nitrogens with one attached hydrogen (secondary N) is 1. The van der Waals surface area contributed by atoms with Crippen LogP contribution in [0.2, 0.25) is 0 Å². The lowest BCUT2D eigenvalue weighted by atomic mass is 9.85. The Morgan fingerprint density at radius 1 is 1.44 bits per heavy atom. The number of anilines is 1. The minimum absolute atomic E-state index is 0.0113. The molecule has 4 rings (SSSR count). The monoisotopic (exact) mass is 339 g/mol. The zero-order valence-electron chi connectivity index (χ0n) is 15.3. The Bertz CT molecular complexity index is 839. The summed E-state index contributed by atoms with van der Waals surface area (Å²) in [4.78, 5) is 12.8. The molecule has 0 saturated heterocycles. The molecule has 1 spiro atoms. The summed E-state index contributed by atoms with van der Waals surface area (Å²) in [6.45, 7) is 6.99. The van der Waals surface area contributed by atoms with E-state index in [1.54, 1.807) is 4.68 Å². The van der Waals surface area contributed by atoms with E-state index in [1.165, 1.54) is 11.1 Å². The summed E-state index contributed by atoms with van der Waals surface area (Å²) in [7, 11) is 1.86. The fourth-order valence-corrected chi connectivity index (χ4v) is 4.06. The van der Waals surface area contributed by atoms with E-state index < -0.39 is 0 Å². The predicted molar refractivity (Wildman–Crippen MR) is 97.0 cm³/mol. The molecule has 1 N–H and O–H groups in total. The van der Waals surface area contributed by atoms with E-state index in [0.717, 1.165) is 30.0 Å². The molecule has 0 bridgehead atoms. The van der Waals surface area contributed by atoms with Gasteiger partial charge in [0.2, 0.25) is 5.91 Å². The maximum Gasteiger partial charge on any atom is 0.228 e. The first kappa shape index (κ1) is 16.2. The molecule has 1 amide bonds. The van der Waals surface area contributed by atoms with Gasteiger partial charge in [0.25, 0.3) is 0 Å². The lowest BCUT2D eigenvalue weighted by molar-refractivity contribution is -0.117. The van der Waals surface area contributed by atoms with Crippen molar-refractivity contribution < 1.29 is 9.53 Å². The van der Waals surface area contributed by atoms with Gasteiger partial charge in [0.1, 0.15) is 5.75 Å². The second kappa shape index (κ2) is 5.61. The second-order valence-electron chi connectivity index (χ2n) is 7.71. The number of ether oxygens (including phenoxy) is 1. The molecule has 2 aromatic rings. The largest absolute Gasteiger partial charge is 0.493 e. The van der Waals surface area contributed by atoms with Crippen molar-refractivity contribution >= 4 is 11.6 Å². The zero-order chi connectivity index (χ0) is 17.8. The topological polar surface area (TPSA) is 56.2 Å². The molecular formula is C20H25N3O2. The third-order valence-corrected chi connectivity index (χ3v) is 5.68. The number of rotatable bonds is 3. The van der Waals surface area contributed by atoms with Gasteiger partial charge >= 0.3 is 0 Å². The minimum atomic E-state index is -0.0569. The molecule has 2 atom stereocenters. The Morgan fingerprint density at radius 3 is 2.92 bits per heavy atom. The van der Waals surface area contributed by atoms with Crippen molar-refractivity contribution in [2.45, 2.75) is 44.9 Å². The lowest BCUT2D eigenvalue weighted by Crippen LogP contribution is -2.27. The number of carbonyl (C=O) groups is 1. The highest BCUT2D eigenvalue weighted by atomic mass is 16.5. The number of nitrogens with zero attached hydrogens (tertiary/aromatic N) is 2. The molecule has 132 valence electrons. The Kier molecular flexibility index (Phi) is 3.63. The van der Waals surface area contributed by atoms with Gasteiger partial charge in [-0.3, -0.25) is 9.48 Å². The predicted octanol–water partition coefficient (Wildman–Crippen LogP) is 3.53. The van der Waals surface area contributed by atoms with Gasteiger partial charge in [-0.1, -0.05) is 26.0 Å². The van der Waals surface area contributed by atoms with Crippen molar-refractivity contribution in [2.75, 3.05) is 11.9 Å². The maximum absolute atomic E-state index is 12.8. The fourth-order valence-electron chi connectivity index (χ4n) is 4.06. The molecule has 2 aliphatic rings. The normalized spacial score (nSPS) is 24.1. The van der Waals surface area contributed by atoms with Gasteiger partial charge in [0, 0.05) is 30.1 Å². The number of benzene rings is 1. The van der Waals surface area contributed by atoms with E-state index in [4.69, 9.17) is 4.74 Å². The molecular weight excluding hydrogens is 314 g/mol. The van der Waals surface area contributed by atoms with Crippen LogP contribution < -0.4 is 10.1 Å². The fraction of sp³-hybridized carbons (Fsp3) is 0.500. The number of amides is 1. The summed E-state index contributed by atoms with van der Waals surface area (Å²) >= 11 is 0. The summed E-state index contributed by atoms with van der Waals surface area (Å²) in [6, 6.07) is 6.46. The van der Waals surface area contributed by atoms with Crippen molar-refractivity contribution in [2.24, 2.45) is 13.0 Å². The van der Waals surface area contributed by atoms with Crippen LogP contribution in [0, 0.1) is 12.8 Å². The van der Waals surface area contributed by atoms with E-state index in [2.05, 4.69) is 42.5 Å². The average Bonchev–Trinajstić information content (AvgIpc) is 3.19. The van der Waals surface area contributed by atoms with Crippen LogP contribution in [-0.2, 0) is 17.3 Å². The number of carbonyl (C=O) groups excluding carboxylic acids is 1. The first-order valence-electron chi connectivity index (χ1n) is 8.99. The van der Waals surface area contributed by atoms with Crippen molar-refractivity contribution in [3.05, 3.63) is 41.2 Å². The third kappa shape index (κ3) is 2.62. The van der Waals surface area contributed by atoms with Gasteiger partial charge in [0.05, 0.1) is 18.0 Å².